The Balaban J connectivity index is 1.85. The molecule has 0 radical (unpaired) electrons. The second kappa shape index (κ2) is 5.17. The third-order valence-corrected chi connectivity index (χ3v) is 4.11. The first kappa shape index (κ1) is 11.9. The maximum atomic E-state index is 12.2. The SMILES string of the molecule is CC1(CC(=O)N2CCNCC2)CCCCC1. The summed E-state index contributed by atoms with van der Waals surface area (Å²) in [5.41, 5.74) is 0.292. The predicted molar refractivity (Wildman–Crippen MR) is 65.3 cm³/mol. The topological polar surface area (TPSA) is 32.3 Å². The molecule has 1 aliphatic carbocycles. The fourth-order valence-corrected chi connectivity index (χ4v) is 2.97. The summed E-state index contributed by atoms with van der Waals surface area (Å²) >= 11 is 0. The van der Waals surface area contributed by atoms with E-state index >= 15 is 0 Å². The molecule has 3 heteroatoms. The summed E-state index contributed by atoms with van der Waals surface area (Å²) in [6.45, 7) is 6.01. The van der Waals surface area contributed by atoms with Crippen LogP contribution in [0, 0.1) is 5.41 Å². The van der Waals surface area contributed by atoms with Crippen LogP contribution in [0.1, 0.15) is 45.4 Å². The van der Waals surface area contributed by atoms with Crippen molar-refractivity contribution in [2.24, 2.45) is 5.41 Å². The van der Waals surface area contributed by atoms with Crippen LogP contribution in [0.3, 0.4) is 0 Å². The molecule has 0 aromatic carbocycles. The number of carbonyl (C=O) groups is 1. The fourth-order valence-electron chi connectivity index (χ4n) is 2.97. The van der Waals surface area contributed by atoms with Crippen LogP contribution in [0.25, 0.3) is 0 Å². The molecule has 0 spiro atoms. The lowest BCUT2D eigenvalue weighted by Crippen LogP contribution is -2.47. The molecule has 92 valence electrons. The Hall–Kier alpha value is -0.570. The van der Waals surface area contributed by atoms with Crippen LogP contribution in [0.5, 0.6) is 0 Å². The Labute approximate surface area is 98.6 Å². The van der Waals surface area contributed by atoms with Gasteiger partial charge in [0.05, 0.1) is 0 Å². The van der Waals surface area contributed by atoms with Crippen molar-refractivity contribution in [3.8, 4) is 0 Å². The minimum atomic E-state index is 0.292. The standard InChI is InChI=1S/C13H24N2O/c1-13(5-3-2-4-6-13)11-12(16)15-9-7-14-8-10-15/h14H,2-11H2,1H3. The highest BCUT2D eigenvalue weighted by atomic mass is 16.2. The number of piperazine rings is 1. The van der Waals surface area contributed by atoms with E-state index in [4.69, 9.17) is 0 Å². The van der Waals surface area contributed by atoms with Crippen molar-refractivity contribution in [1.82, 2.24) is 10.2 Å². The van der Waals surface area contributed by atoms with Crippen LogP contribution < -0.4 is 5.32 Å². The van der Waals surface area contributed by atoms with Gasteiger partial charge in [-0.05, 0) is 18.3 Å². The predicted octanol–water partition coefficient (Wildman–Crippen LogP) is 1.78. The molecule has 0 aromatic heterocycles. The highest BCUT2D eigenvalue weighted by molar-refractivity contribution is 5.77. The zero-order chi connectivity index (χ0) is 11.4. The molecule has 2 aliphatic rings. The Morgan fingerprint density at radius 3 is 2.44 bits per heavy atom. The van der Waals surface area contributed by atoms with Gasteiger partial charge < -0.3 is 10.2 Å². The van der Waals surface area contributed by atoms with Gasteiger partial charge in [-0.15, -0.1) is 0 Å². The van der Waals surface area contributed by atoms with Gasteiger partial charge in [-0.3, -0.25) is 4.79 Å². The first-order valence-corrected chi connectivity index (χ1v) is 6.68. The lowest BCUT2D eigenvalue weighted by atomic mass is 9.73. The van der Waals surface area contributed by atoms with E-state index in [1.807, 2.05) is 4.90 Å². The van der Waals surface area contributed by atoms with Crippen molar-refractivity contribution in [2.75, 3.05) is 26.2 Å². The lowest BCUT2D eigenvalue weighted by Gasteiger charge is -2.36. The maximum absolute atomic E-state index is 12.2. The lowest BCUT2D eigenvalue weighted by molar-refractivity contribution is -0.134. The van der Waals surface area contributed by atoms with Crippen molar-refractivity contribution in [2.45, 2.75) is 45.4 Å². The number of hydrogen-bond acceptors (Lipinski definition) is 2. The number of amides is 1. The quantitative estimate of drug-likeness (QED) is 0.775. The second-order valence-electron chi connectivity index (χ2n) is 5.68. The molecule has 2 rings (SSSR count). The van der Waals surface area contributed by atoms with E-state index in [9.17, 15) is 4.79 Å². The van der Waals surface area contributed by atoms with Gasteiger partial charge in [0.2, 0.25) is 5.91 Å². The molecular formula is C13H24N2O. The van der Waals surface area contributed by atoms with Crippen molar-refractivity contribution in [3.63, 3.8) is 0 Å². The summed E-state index contributed by atoms with van der Waals surface area (Å²) in [7, 11) is 0. The van der Waals surface area contributed by atoms with Crippen molar-refractivity contribution in [1.29, 1.82) is 0 Å². The first-order chi connectivity index (χ1) is 7.70. The molecule has 16 heavy (non-hydrogen) atoms. The third kappa shape index (κ3) is 2.97. The average molecular weight is 224 g/mol. The van der Waals surface area contributed by atoms with Crippen molar-refractivity contribution >= 4 is 5.91 Å². The summed E-state index contributed by atoms with van der Waals surface area (Å²) in [4.78, 5) is 14.2. The molecule has 0 atom stereocenters. The van der Waals surface area contributed by atoms with E-state index in [0.29, 0.717) is 11.3 Å². The number of nitrogens with one attached hydrogen (secondary N) is 1. The largest absolute Gasteiger partial charge is 0.340 e. The van der Waals surface area contributed by atoms with Crippen LogP contribution in [0.2, 0.25) is 0 Å². The minimum Gasteiger partial charge on any atom is -0.340 e. The van der Waals surface area contributed by atoms with Crippen LogP contribution >= 0.6 is 0 Å². The van der Waals surface area contributed by atoms with E-state index in [1.54, 1.807) is 0 Å². The molecule has 1 saturated heterocycles. The molecule has 0 unspecified atom stereocenters. The smallest absolute Gasteiger partial charge is 0.223 e. The van der Waals surface area contributed by atoms with Gasteiger partial charge >= 0.3 is 0 Å². The van der Waals surface area contributed by atoms with Crippen LogP contribution in [-0.4, -0.2) is 37.0 Å². The highest BCUT2D eigenvalue weighted by Crippen LogP contribution is 2.39. The Bertz CT molecular complexity index is 240. The Morgan fingerprint density at radius 1 is 1.19 bits per heavy atom. The molecule has 1 amide bonds. The van der Waals surface area contributed by atoms with Crippen molar-refractivity contribution in [3.05, 3.63) is 0 Å². The average Bonchev–Trinajstić information content (AvgIpc) is 2.30. The third-order valence-electron chi connectivity index (χ3n) is 4.11. The molecule has 2 fully saturated rings. The molecular weight excluding hydrogens is 200 g/mol. The number of carbonyl (C=O) groups excluding carboxylic acids is 1. The van der Waals surface area contributed by atoms with E-state index in [0.717, 1.165) is 32.6 Å². The minimum absolute atomic E-state index is 0.292. The monoisotopic (exact) mass is 224 g/mol. The molecule has 3 nitrogen and oxygen atoms in total. The maximum Gasteiger partial charge on any atom is 0.223 e. The zero-order valence-electron chi connectivity index (χ0n) is 10.4. The molecule has 0 bridgehead atoms. The number of nitrogens with zero attached hydrogens (tertiary/aromatic N) is 1. The van der Waals surface area contributed by atoms with Crippen molar-refractivity contribution < 1.29 is 4.79 Å². The van der Waals surface area contributed by atoms with E-state index in [-0.39, 0.29) is 0 Å². The summed E-state index contributed by atoms with van der Waals surface area (Å²) in [6, 6.07) is 0. The normalized spacial score (nSPS) is 25.4. The molecule has 1 heterocycles. The van der Waals surface area contributed by atoms with E-state index in [2.05, 4.69) is 12.2 Å². The van der Waals surface area contributed by atoms with Crippen LogP contribution in [0.15, 0.2) is 0 Å². The van der Waals surface area contributed by atoms with Gasteiger partial charge in [-0.1, -0.05) is 26.2 Å². The second-order valence-corrected chi connectivity index (χ2v) is 5.68. The zero-order valence-corrected chi connectivity index (χ0v) is 10.4. The van der Waals surface area contributed by atoms with Crippen LogP contribution in [0.4, 0.5) is 0 Å². The summed E-state index contributed by atoms with van der Waals surface area (Å²) < 4.78 is 0. The van der Waals surface area contributed by atoms with Gasteiger partial charge in [0.15, 0.2) is 0 Å². The van der Waals surface area contributed by atoms with Gasteiger partial charge in [0, 0.05) is 32.6 Å². The Morgan fingerprint density at radius 2 is 1.81 bits per heavy atom. The van der Waals surface area contributed by atoms with Gasteiger partial charge in [0.1, 0.15) is 0 Å². The first-order valence-electron chi connectivity index (χ1n) is 6.68. The summed E-state index contributed by atoms with van der Waals surface area (Å²) in [5, 5.41) is 3.29. The molecule has 0 aromatic rings. The van der Waals surface area contributed by atoms with E-state index in [1.165, 1.54) is 32.1 Å². The summed E-state index contributed by atoms with van der Waals surface area (Å²) in [5.74, 6) is 0.380. The van der Waals surface area contributed by atoms with Gasteiger partial charge in [0.25, 0.3) is 0 Å². The highest BCUT2D eigenvalue weighted by Gasteiger charge is 2.31. The molecule has 1 N–H and O–H groups in total. The number of rotatable bonds is 2. The van der Waals surface area contributed by atoms with Gasteiger partial charge in [-0.25, -0.2) is 0 Å². The molecule has 1 aliphatic heterocycles. The van der Waals surface area contributed by atoms with Gasteiger partial charge in [-0.2, -0.15) is 0 Å². The van der Waals surface area contributed by atoms with E-state index < -0.39 is 0 Å². The number of hydrogen-bond donors (Lipinski definition) is 1. The fraction of sp³-hybridized carbons (Fsp3) is 0.923. The van der Waals surface area contributed by atoms with Crippen LogP contribution in [-0.2, 0) is 4.79 Å². The Kier molecular flexibility index (Phi) is 3.85. The summed E-state index contributed by atoms with van der Waals surface area (Å²) in [6.07, 6.45) is 7.23. The molecule has 1 saturated carbocycles.